The van der Waals surface area contributed by atoms with Crippen molar-refractivity contribution in [1.82, 2.24) is 14.8 Å². The summed E-state index contributed by atoms with van der Waals surface area (Å²) in [7, 11) is 1.36. The second kappa shape index (κ2) is 10.1. The van der Waals surface area contributed by atoms with Crippen molar-refractivity contribution >= 4 is 28.8 Å². The van der Waals surface area contributed by atoms with Gasteiger partial charge in [0.05, 0.1) is 18.4 Å². The maximum Gasteiger partial charge on any atom is 0.348 e. The lowest BCUT2D eigenvalue weighted by Crippen LogP contribution is -2.21. The molecule has 0 fully saturated rings. The molecule has 3 heterocycles. The minimum absolute atomic E-state index is 0.0100. The van der Waals surface area contributed by atoms with Gasteiger partial charge < -0.3 is 30.4 Å². The van der Waals surface area contributed by atoms with Crippen LogP contribution in [-0.4, -0.2) is 52.0 Å². The number of aromatic carboxylic acids is 1. The van der Waals surface area contributed by atoms with Crippen LogP contribution in [0.5, 0.6) is 17.2 Å². The Hall–Kier alpha value is -4.92. The highest BCUT2D eigenvalue weighted by atomic mass is 32.1. The number of carboxylic acid groups (broad SMARTS) is 1. The van der Waals surface area contributed by atoms with Gasteiger partial charge in [-0.05, 0) is 35.7 Å². The number of nitrogen functional groups attached to an aromatic ring is 1. The largest absolute Gasteiger partial charge is 0.493 e. The average Bonchev–Trinajstić information content (AvgIpc) is 3.54. The van der Waals surface area contributed by atoms with Gasteiger partial charge in [-0.3, -0.25) is 10.4 Å². The van der Waals surface area contributed by atoms with Gasteiger partial charge in [-0.1, -0.05) is 0 Å². The van der Waals surface area contributed by atoms with Crippen molar-refractivity contribution in [2.24, 2.45) is 5.73 Å². The van der Waals surface area contributed by atoms with Gasteiger partial charge in [0.2, 0.25) is 11.5 Å². The van der Waals surface area contributed by atoms with Crippen LogP contribution in [0, 0.1) is 17.0 Å². The first-order chi connectivity index (χ1) is 18.7. The molecular formula is C24H20F2N6O6S. The summed E-state index contributed by atoms with van der Waals surface area (Å²) in [5.74, 6) is -3.54. The molecule has 1 aliphatic heterocycles. The summed E-state index contributed by atoms with van der Waals surface area (Å²) in [4.78, 5) is 26.9. The predicted octanol–water partition coefficient (Wildman–Crippen LogP) is 2.86. The van der Waals surface area contributed by atoms with Crippen LogP contribution in [0.4, 0.5) is 14.5 Å². The van der Waals surface area contributed by atoms with Crippen LogP contribution in [-0.2, 0) is 0 Å². The minimum Gasteiger partial charge on any atom is -0.493 e. The van der Waals surface area contributed by atoms with Gasteiger partial charge in [0.1, 0.15) is 35.8 Å². The molecule has 0 aliphatic carbocycles. The summed E-state index contributed by atoms with van der Waals surface area (Å²) in [5, 5.41) is 25.7. The molecule has 1 atom stereocenters. The van der Waals surface area contributed by atoms with E-state index in [1.807, 2.05) is 0 Å². The van der Waals surface area contributed by atoms with Crippen LogP contribution in [0.3, 0.4) is 0 Å². The molecule has 0 saturated heterocycles. The van der Waals surface area contributed by atoms with E-state index >= 15 is 4.39 Å². The predicted molar refractivity (Wildman–Crippen MR) is 136 cm³/mol. The zero-order valence-electron chi connectivity index (χ0n) is 20.1. The van der Waals surface area contributed by atoms with Gasteiger partial charge in [-0.25, -0.2) is 18.4 Å². The minimum atomic E-state index is -1.27. The summed E-state index contributed by atoms with van der Waals surface area (Å²) in [6, 6.07) is 5.20. The molecule has 0 saturated carbocycles. The number of anilines is 1. The maximum absolute atomic E-state index is 15.9. The number of halogens is 2. The van der Waals surface area contributed by atoms with E-state index in [1.54, 1.807) is 0 Å². The number of amidine groups is 1. The SMILES string of the molecule is COc1cc([C@H](Nc2ccc(C(=N)N)c(F)c2)c2nn(-c3ccsc3C(=O)O)c(=O)[nH]2)c(F)c2c1OCCO2. The summed E-state index contributed by atoms with van der Waals surface area (Å²) < 4.78 is 47.8. The Bertz CT molecular complexity index is 1670. The van der Waals surface area contributed by atoms with E-state index in [2.05, 4.69) is 15.4 Å². The summed E-state index contributed by atoms with van der Waals surface area (Å²) >= 11 is 0.901. The number of H-pyrrole nitrogens is 1. The fraction of sp³-hybridized carbons (Fsp3) is 0.167. The molecule has 0 spiro atoms. The second-order valence-corrected chi connectivity index (χ2v) is 9.11. The van der Waals surface area contributed by atoms with E-state index in [0.29, 0.717) is 0 Å². The molecule has 39 heavy (non-hydrogen) atoms. The third-order valence-electron chi connectivity index (χ3n) is 5.82. The Morgan fingerprint density at radius 3 is 2.69 bits per heavy atom. The fourth-order valence-electron chi connectivity index (χ4n) is 4.07. The Balaban J connectivity index is 1.67. The molecule has 6 N–H and O–H groups in total. The van der Waals surface area contributed by atoms with E-state index in [4.69, 9.17) is 25.4 Å². The van der Waals surface area contributed by atoms with Gasteiger partial charge in [0.15, 0.2) is 17.4 Å². The number of thiophene rings is 1. The van der Waals surface area contributed by atoms with Crippen molar-refractivity contribution in [2.45, 2.75) is 6.04 Å². The lowest BCUT2D eigenvalue weighted by atomic mass is 10.0. The first-order valence-corrected chi connectivity index (χ1v) is 12.1. The van der Waals surface area contributed by atoms with Crippen LogP contribution in [0.15, 0.2) is 40.5 Å². The van der Waals surface area contributed by atoms with Crippen molar-refractivity contribution in [3.8, 4) is 22.9 Å². The number of benzene rings is 2. The van der Waals surface area contributed by atoms with Gasteiger partial charge in [-0.2, -0.15) is 4.68 Å². The lowest BCUT2D eigenvalue weighted by molar-refractivity contribution is 0.0702. The van der Waals surface area contributed by atoms with Crippen molar-refractivity contribution in [3.63, 3.8) is 0 Å². The van der Waals surface area contributed by atoms with Crippen molar-refractivity contribution in [2.75, 3.05) is 25.6 Å². The lowest BCUT2D eigenvalue weighted by Gasteiger charge is -2.25. The van der Waals surface area contributed by atoms with E-state index in [9.17, 15) is 19.1 Å². The van der Waals surface area contributed by atoms with Gasteiger partial charge >= 0.3 is 11.7 Å². The van der Waals surface area contributed by atoms with Gasteiger partial charge in [0, 0.05) is 11.3 Å². The first-order valence-electron chi connectivity index (χ1n) is 11.3. The number of methoxy groups -OCH3 is 1. The smallest absolute Gasteiger partial charge is 0.348 e. The van der Waals surface area contributed by atoms with Crippen molar-refractivity contribution in [3.05, 3.63) is 79.7 Å². The van der Waals surface area contributed by atoms with Crippen LogP contribution < -0.4 is 31.0 Å². The molecule has 2 aromatic carbocycles. The van der Waals surface area contributed by atoms with Crippen LogP contribution >= 0.6 is 11.3 Å². The Morgan fingerprint density at radius 2 is 2.03 bits per heavy atom. The number of ether oxygens (including phenoxy) is 3. The molecule has 5 rings (SSSR count). The maximum atomic E-state index is 15.9. The topological polar surface area (TPSA) is 178 Å². The number of rotatable bonds is 8. The zero-order valence-corrected chi connectivity index (χ0v) is 20.9. The fourth-order valence-corrected chi connectivity index (χ4v) is 4.78. The third kappa shape index (κ3) is 4.63. The number of aromatic amines is 1. The van der Waals surface area contributed by atoms with Crippen LogP contribution in [0.1, 0.15) is 32.7 Å². The molecular weight excluding hydrogens is 538 g/mol. The Kier molecular flexibility index (Phi) is 6.66. The average molecular weight is 559 g/mol. The molecule has 0 amide bonds. The van der Waals surface area contributed by atoms with E-state index < -0.39 is 35.2 Å². The third-order valence-corrected chi connectivity index (χ3v) is 6.71. The molecule has 2 aromatic heterocycles. The highest BCUT2D eigenvalue weighted by molar-refractivity contribution is 7.12. The normalized spacial score (nSPS) is 13.1. The van der Waals surface area contributed by atoms with E-state index in [0.717, 1.165) is 22.1 Å². The van der Waals surface area contributed by atoms with Gasteiger partial charge in [-0.15, -0.1) is 16.4 Å². The number of carboxylic acids is 1. The van der Waals surface area contributed by atoms with E-state index in [-0.39, 0.29) is 63.7 Å². The summed E-state index contributed by atoms with van der Waals surface area (Å²) in [5.41, 5.74) is 4.52. The number of fused-ring (bicyclic) bond motifs is 1. The highest BCUT2D eigenvalue weighted by Gasteiger charge is 2.31. The number of nitrogens with zero attached hydrogens (tertiary/aromatic N) is 2. The quantitative estimate of drug-likeness (QED) is 0.161. The summed E-state index contributed by atoms with van der Waals surface area (Å²) in [6.45, 7) is 0.254. The molecule has 1 aliphatic rings. The molecule has 0 unspecified atom stereocenters. The molecule has 0 bridgehead atoms. The number of aromatic nitrogens is 3. The van der Waals surface area contributed by atoms with Gasteiger partial charge in [0.25, 0.3) is 0 Å². The van der Waals surface area contributed by atoms with Crippen molar-refractivity contribution < 1.29 is 32.9 Å². The number of nitrogens with one attached hydrogen (secondary N) is 3. The number of hydrogen-bond donors (Lipinski definition) is 5. The molecule has 15 heteroatoms. The number of carbonyl (C=O) groups is 1. The second-order valence-electron chi connectivity index (χ2n) is 8.19. The summed E-state index contributed by atoms with van der Waals surface area (Å²) in [6.07, 6.45) is 0. The molecule has 202 valence electrons. The number of hydrogen-bond acceptors (Lipinski definition) is 9. The Morgan fingerprint density at radius 1 is 1.28 bits per heavy atom. The standard InChI is InChI=1S/C24H20F2N6O6S/c1-36-15-9-12(16(26)19-18(15)37-5-6-38-19)17(29-10-2-3-11(21(27)28)13(25)8-10)22-30-24(35)32(31-22)14-4-7-39-20(14)23(33)34/h2-4,7-9,17,29H,5-6H2,1H3,(H3,27,28)(H,33,34)(H,30,31,35)/t17-/m0/s1. The van der Waals surface area contributed by atoms with Crippen LogP contribution in [0.25, 0.3) is 5.69 Å². The van der Waals surface area contributed by atoms with Crippen LogP contribution in [0.2, 0.25) is 0 Å². The van der Waals surface area contributed by atoms with Crippen molar-refractivity contribution in [1.29, 1.82) is 5.41 Å². The first kappa shape index (κ1) is 25.7. The number of nitrogens with two attached hydrogens (primary N) is 1. The molecule has 4 aromatic rings. The monoisotopic (exact) mass is 558 g/mol. The van der Waals surface area contributed by atoms with E-state index in [1.165, 1.54) is 36.8 Å². The zero-order chi connectivity index (χ0) is 27.8. The molecule has 0 radical (unpaired) electrons. The Labute approximate surface area is 222 Å². The molecule has 12 nitrogen and oxygen atoms in total. The highest BCUT2D eigenvalue weighted by Crippen LogP contribution is 2.45.